The monoisotopic (exact) mass is 196 g/mol. The lowest BCUT2D eigenvalue weighted by Gasteiger charge is -1.99. The molecule has 5 heteroatoms. The quantitative estimate of drug-likeness (QED) is 0.384. The number of carbonyl (C=O) groups is 2. The summed E-state index contributed by atoms with van der Waals surface area (Å²) in [7, 11) is 1.12. The highest BCUT2D eigenvalue weighted by Gasteiger charge is 2.22. The van der Waals surface area contributed by atoms with Crippen molar-refractivity contribution in [2.45, 2.75) is 4.83 Å². The van der Waals surface area contributed by atoms with Gasteiger partial charge in [-0.05, 0) is 0 Å². The molecule has 4 nitrogen and oxygen atoms in total. The molecule has 1 N–H and O–H groups in total. The second kappa shape index (κ2) is 3.45. The van der Waals surface area contributed by atoms with E-state index in [9.17, 15) is 9.59 Å². The molecular formula is C4H5BrO4. The van der Waals surface area contributed by atoms with Gasteiger partial charge in [-0.1, -0.05) is 15.9 Å². The van der Waals surface area contributed by atoms with Gasteiger partial charge < -0.3 is 9.84 Å². The average Bonchev–Trinajstić information content (AvgIpc) is 1.84. The molecule has 0 fully saturated rings. The Morgan fingerprint density at radius 3 is 2.22 bits per heavy atom. The molecule has 0 spiro atoms. The molecule has 0 bridgehead atoms. The summed E-state index contributed by atoms with van der Waals surface area (Å²) in [5.74, 6) is -2.05. The Labute approximate surface area is 59.9 Å². The molecule has 1 unspecified atom stereocenters. The molecule has 0 aromatic carbocycles. The van der Waals surface area contributed by atoms with Crippen molar-refractivity contribution in [1.82, 2.24) is 0 Å². The van der Waals surface area contributed by atoms with Crippen molar-refractivity contribution in [3.63, 3.8) is 0 Å². The van der Waals surface area contributed by atoms with Gasteiger partial charge in [-0.3, -0.25) is 9.59 Å². The number of methoxy groups -OCH3 is 1. The van der Waals surface area contributed by atoms with E-state index >= 15 is 0 Å². The molecule has 1 atom stereocenters. The molecule has 9 heavy (non-hydrogen) atoms. The molecule has 0 aliphatic carbocycles. The Morgan fingerprint density at radius 1 is 1.67 bits per heavy atom. The van der Waals surface area contributed by atoms with E-state index in [1.54, 1.807) is 0 Å². The maximum absolute atomic E-state index is 10.3. The van der Waals surface area contributed by atoms with Crippen LogP contribution in [0.1, 0.15) is 0 Å². The van der Waals surface area contributed by atoms with Gasteiger partial charge in [0, 0.05) is 0 Å². The van der Waals surface area contributed by atoms with E-state index in [2.05, 4.69) is 20.7 Å². The van der Waals surface area contributed by atoms with Crippen LogP contribution >= 0.6 is 15.9 Å². The zero-order valence-corrected chi connectivity index (χ0v) is 6.21. The third-order valence-electron chi connectivity index (χ3n) is 0.625. The number of alkyl halides is 1. The maximum Gasteiger partial charge on any atom is 0.331 e. The zero-order chi connectivity index (χ0) is 7.44. The van der Waals surface area contributed by atoms with E-state index in [0.717, 1.165) is 7.11 Å². The topological polar surface area (TPSA) is 63.6 Å². The van der Waals surface area contributed by atoms with Gasteiger partial charge in [0.05, 0.1) is 7.11 Å². The summed E-state index contributed by atoms with van der Waals surface area (Å²) in [4.78, 5) is 19.0. The highest BCUT2D eigenvalue weighted by molar-refractivity contribution is 9.10. The van der Waals surface area contributed by atoms with Gasteiger partial charge in [-0.25, -0.2) is 0 Å². The second-order valence-electron chi connectivity index (χ2n) is 1.22. The molecule has 0 amide bonds. The van der Waals surface area contributed by atoms with Crippen LogP contribution in [-0.4, -0.2) is 29.0 Å². The van der Waals surface area contributed by atoms with Gasteiger partial charge in [-0.15, -0.1) is 0 Å². The number of carbonyl (C=O) groups excluding carboxylic acids is 1. The molecule has 0 saturated heterocycles. The van der Waals surface area contributed by atoms with Crippen LogP contribution in [0.3, 0.4) is 0 Å². The van der Waals surface area contributed by atoms with Gasteiger partial charge in [0.25, 0.3) is 0 Å². The van der Waals surface area contributed by atoms with E-state index in [1.807, 2.05) is 0 Å². The average molecular weight is 197 g/mol. The van der Waals surface area contributed by atoms with E-state index in [4.69, 9.17) is 5.11 Å². The van der Waals surface area contributed by atoms with Crippen molar-refractivity contribution in [1.29, 1.82) is 0 Å². The predicted molar refractivity (Wildman–Crippen MR) is 32.4 cm³/mol. The largest absolute Gasteiger partial charge is 0.480 e. The molecule has 0 aromatic rings. The summed E-state index contributed by atoms with van der Waals surface area (Å²) in [6, 6.07) is 0. The predicted octanol–water partition coefficient (Wildman–Crippen LogP) is 0.00750. The van der Waals surface area contributed by atoms with E-state index in [0.29, 0.717) is 0 Å². The Morgan fingerprint density at radius 2 is 2.11 bits per heavy atom. The highest BCUT2D eigenvalue weighted by atomic mass is 79.9. The van der Waals surface area contributed by atoms with Gasteiger partial charge >= 0.3 is 11.9 Å². The van der Waals surface area contributed by atoms with Crippen LogP contribution in [0, 0.1) is 0 Å². The summed E-state index contributed by atoms with van der Waals surface area (Å²) < 4.78 is 4.11. The van der Waals surface area contributed by atoms with Gasteiger partial charge in [0.15, 0.2) is 0 Å². The minimum Gasteiger partial charge on any atom is -0.480 e. The second-order valence-corrected chi connectivity index (χ2v) is 2.14. The number of aliphatic carboxylic acids is 1. The zero-order valence-electron chi connectivity index (χ0n) is 4.63. The SMILES string of the molecule is COC(=O)C(Br)C(=O)O. The molecule has 0 saturated carbocycles. The Balaban J connectivity index is 3.88. The Bertz CT molecular complexity index is 133. The van der Waals surface area contributed by atoms with Crippen LogP contribution in [0.15, 0.2) is 0 Å². The first-order chi connectivity index (χ1) is 4.09. The van der Waals surface area contributed by atoms with Gasteiger partial charge in [-0.2, -0.15) is 0 Å². The standard InChI is InChI=1S/C4H5BrO4/c1-9-4(8)2(5)3(6)7/h2H,1H3,(H,6,7). The minimum absolute atomic E-state index is 0.803. The lowest BCUT2D eigenvalue weighted by atomic mass is 10.4. The van der Waals surface area contributed by atoms with Crippen LogP contribution in [0.25, 0.3) is 0 Å². The Hall–Kier alpha value is -0.580. The van der Waals surface area contributed by atoms with Crippen LogP contribution in [0.4, 0.5) is 0 Å². The fourth-order valence-electron chi connectivity index (χ4n) is 0.204. The molecule has 0 radical (unpaired) electrons. The van der Waals surface area contributed by atoms with E-state index in [1.165, 1.54) is 0 Å². The number of esters is 1. The lowest BCUT2D eigenvalue weighted by Crippen LogP contribution is -2.24. The number of ether oxygens (including phenoxy) is 1. The highest BCUT2D eigenvalue weighted by Crippen LogP contribution is 2.00. The molecule has 52 valence electrons. The molecule has 0 aromatic heterocycles. The smallest absolute Gasteiger partial charge is 0.331 e. The first-order valence-corrected chi connectivity index (χ1v) is 2.96. The number of hydrogen-bond acceptors (Lipinski definition) is 3. The van der Waals surface area contributed by atoms with Gasteiger partial charge in [0.1, 0.15) is 0 Å². The normalized spacial score (nSPS) is 12.2. The first kappa shape index (κ1) is 8.42. The summed E-state index contributed by atoms with van der Waals surface area (Å²) in [6.45, 7) is 0. The van der Waals surface area contributed by atoms with Crippen molar-refractivity contribution in [3.8, 4) is 0 Å². The third-order valence-corrected chi connectivity index (χ3v) is 1.39. The maximum atomic E-state index is 10.3. The van der Waals surface area contributed by atoms with E-state index < -0.39 is 16.8 Å². The fourth-order valence-corrected chi connectivity index (χ4v) is 0.391. The third kappa shape index (κ3) is 2.46. The first-order valence-electron chi connectivity index (χ1n) is 2.04. The molecular weight excluding hydrogens is 192 g/mol. The fraction of sp³-hybridized carbons (Fsp3) is 0.500. The van der Waals surface area contributed by atoms with Crippen LogP contribution in [-0.2, 0) is 14.3 Å². The number of halogens is 1. The molecule has 0 heterocycles. The van der Waals surface area contributed by atoms with Gasteiger partial charge in [0.2, 0.25) is 4.83 Å². The molecule has 0 aliphatic rings. The van der Waals surface area contributed by atoms with Crippen molar-refractivity contribution >= 4 is 27.9 Å². The number of carboxylic acids is 1. The molecule has 0 aliphatic heterocycles. The summed E-state index contributed by atoms with van der Waals surface area (Å²) in [5.41, 5.74) is 0. The molecule has 0 rings (SSSR count). The summed E-state index contributed by atoms with van der Waals surface area (Å²) >= 11 is 2.59. The lowest BCUT2D eigenvalue weighted by molar-refractivity contribution is -0.148. The van der Waals surface area contributed by atoms with Crippen LogP contribution < -0.4 is 0 Å². The number of rotatable bonds is 2. The minimum atomic E-state index is -1.25. The van der Waals surface area contributed by atoms with Crippen LogP contribution in [0.2, 0.25) is 0 Å². The summed E-state index contributed by atoms with van der Waals surface area (Å²) in [6.07, 6.45) is 0. The number of hydrogen-bond donors (Lipinski definition) is 1. The Kier molecular flexibility index (Phi) is 3.22. The van der Waals surface area contributed by atoms with Crippen molar-refractivity contribution in [2.75, 3.05) is 7.11 Å². The van der Waals surface area contributed by atoms with Crippen molar-refractivity contribution in [2.24, 2.45) is 0 Å². The van der Waals surface area contributed by atoms with Crippen LogP contribution in [0.5, 0.6) is 0 Å². The van der Waals surface area contributed by atoms with E-state index in [-0.39, 0.29) is 0 Å². The van der Waals surface area contributed by atoms with Crippen molar-refractivity contribution < 1.29 is 19.4 Å². The number of carboxylic acid groups (broad SMARTS) is 1. The van der Waals surface area contributed by atoms with Crippen molar-refractivity contribution in [3.05, 3.63) is 0 Å². The summed E-state index contributed by atoms with van der Waals surface area (Å²) in [5, 5.41) is 8.14.